The molecule has 0 aliphatic carbocycles. The Labute approximate surface area is 195 Å². The lowest BCUT2D eigenvalue weighted by Crippen LogP contribution is -2.30. The van der Waals surface area contributed by atoms with Crippen LogP contribution in [-0.4, -0.2) is 30.8 Å². The summed E-state index contributed by atoms with van der Waals surface area (Å²) in [5.41, 5.74) is -0.818. The number of H-pyrrole nitrogens is 1. The van der Waals surface area contributed by atoms with E-state index in [2.05, 4.69) is 20.4 Å². The molecular formula is C21H13Cl2N5O5. The second-order valence-electron chi connectivity index (χ2n) is 6.57. The molecule has 3 N–H and O–H groups in total. The second-order valence-corrected chi connectivity index (χ2v) is 7.38. The van der Waals surface area contributed by atoms with Crippen molar-refractivity contribution in [3.05, 3.63) is 97.5 Å². The highest BCUT2D eigenvalue weighted by atomic mass is 35.5. The smallest absolute Gasteiger partial charge is 0.349 e. The fourth-order valence-electron chi connectivity index (χ4n) is 2.79. The molecule has 0 aliphatic rings. The number of ether oxygens (including phenoxy) is 1. The SMILES string of the molecule is O=C(Nc1cc(Oc2c(Cl)cc(-n3ncc(=O)[nH]c3=O)cc2Cl)ccc1O)c1cccnc1. The van der Waals surface area contributed by atoms with Gasteiger partial charge in [0.2, 0.25) is 0 Å². The fraction of sp³-hybridized carbons (Fsp3) is 0. The molecule has 0 bridgehead atoms. The highest BCUT2D eigenvalue weighted by Crippen LogP contribution is 2.39. The van der Waals surface area contributed by atoms with Crippen LogP contribution in [0.3, 0.4) is 0 Å². The maximum Gasteiger partial charge on any atom is 0.349 e. The maximum atomic E-state index is 12.4. The van der Waals surface area contributed by atoms with Crippen LogP contribution in [0.1, 0.15) is 10.4 Å². The maximum absolute atomic E-state index is 12.4. The number of nitrogens with zero attached hydrogens (tertiary/aromatic N) is 3. The van der Waals surface area contributed by atoms with Crippen molar-refractivity contribution in [3.63, 3.8) is 0 Å². The van der Waals surface area contributed by atoms with Crippen molar-refractivity contribution in [3.8, 4) is 22.9 Å². The lowest BCUT2D eigenvalue weighted by atomic mass is 10.2. The molecule has 2 heterocycles. The summed E-state index contributed by atoms with van der Waals surface area (Å²) in [6, 6.07) is 10.1. The Hall–Kier alpha value is -4.15. The van der Waals surface area contributed by atoms with E-state index in [0.29, 0.717) is 5.56 Å². The van der Waals surface area contributed by atoms with Crippen LogP contribution in [0, 0.1) is 0 Å². The molecule has 10 nitrogen and oxygen atoms in total. The average molecular weight is 486 g/mol. The molecule has 2 aromatic carbocycles. The van der Waals surface area contributed by atoms with Gasteiger partial charge in [0, 0.05) is 18.5 Å². The highest BCUT2D eigenvalue weighted by molar-refractivity contribution is 6.37. The van der Waals surface area contributed by atoms with Gasteiger partial charge in [-0.3, -0.25) is 19.6 Å². The van der Waals surface area contributed by atoms with Crippen molar-refractivity contribution in [2.75, 3.05) is 5.32 Å². The molecule has 2 aromatic heterocycles. The van der Waals surface area contributed by atoms with Gasteiger partial charge in [-0.1, -0.05) is 23.2 Å². The zero-order valence-corrected chi connectivity index (χ0v) is 18.0. The predicted molar refractivity (Wildman–Crippen MR) is 121 cm³/mol. The van der Waals surface area contributed by atoms with Crippen LogP contribution in [0.4, 0.5) is 5.69 Å². The normalized spacial score (nSPS) is 10.6. The van der Waals surface area contributed by atoms with Crippen LogP contribution in [0.2, 0.25) is 10.0 Å². The minimum atomic E-state index is -0.768. The summed E-state index contributed by atoms with van der Waals surface area (Å²) >= 11 is 12.6. The summed E-state index contributed by atoms with van der Waals surface area (Å²) in [5.74, 6) is -0.384. The molecule has 0 saturated heterocycles. The van der Waals surface area contributed by atoms with E-state index in [-0.39, 0.29) is 38.7 Å². The van der Waals surface area contributed by atoms with Crippen molar-refractivity contribution in [1.82, 2.24) is 19.7 Å². The molecule has 33 heavy (non-hydrogen) atoms. The number of hydrogen-bond donors (Lipinski definition) is 3. The number of halogens is 2. The van der Waals surface area contributed by atoms with E-state index < -0.39 is 17.2 Å². The summed E-state index contributed by atoms with van der Waals surface area (Å²) in [4.78, 5) is 41.5. The van der Waals surface area contributed by atoms with Gasteiger partial charge in [-0.25, -0.2) is 4.79 Å². The Morgan fingerprint density at radius 1 is 1.09 bits per heavy atom. The van der Waals surface area contributed by atoms with Crippen LogP contribution in [-0.2, 0) is 0 Å². The van der Waals surface area contributed by atoms with Crippen LogP contribution < -0.4 is 21.3 Å². The number of phenolic OH excluding ortho intramolecular Hbond substituents is 1. The summed E-state index contributed by atoms with van der Waals surface area (Å²) < 4.78 is 6.67. The number of nitrogens with one attached hydrogen (secondary N) is 2. The zero-order chi connectivity index (χ0) is 23.5. The van der Waals surface area contributed by atoms with E-state index in [1.54, 1.807) is 12.1 Å². The van der Waals surface area contributed by atoms with Crippen molar-refractivity contribution >= 4 is 34.8 Å². The Morgan fingerprint density at radius 2 is 1.85 bits per heavy atom. The first-order valence-electron chi connectivity index (χ1n) is 9.22. The summed E-state index contributed by atoms with van der Waals surface area (Å²) in [5, 5.41) is 16.5. The van der Waals surface area contributed by atoms with Crippen LogP contribution in [0.25, 0.3) is 5.69 Å². The highest BCUT2D eigenvalue weighted by Gasteiger charge is 2.15. The van der Waals surface area contributed by atoms with E-state index in [1.807, 2.05) is 0 Å². The van der Waals surface area contributed by atoms with Gasteiger partial charge < -0.3 is 15.2 Å². The minimum absolute atomic E-state index is 0.0476. The first-order chi connectivity index (χ1) is 15.8. The van der Waals surface area contributed by atoms with Gasteiger partial charge in [0.1, 0.15) is 17.7 Å². The molecule has 0 unspecified atom stereocenters. The molecular weight excluding hydrogens is 473 g/mol. The van der Waals surface area contributed by atoms with Gasteiger partial charge in [0.05, 0.1) is 27.0 Å². The second kappa shape index (κ2) is 9.15. The number of aromatic nitrogens is 4. The Bertz CT molecular complexity index is 1450. The molecule has 0 atom stereocenters. The van der Waals surface area contributed by atoms with Gasteiger partial charge >= 0.3 is 5.69 Å². The number of benzene rings is 2. The molecule has 0 radical (unpaired) electrons. The summed E-state index contributed by atoms with van der Waals surface area (Å²) in [6.45, 7) is 0. The van der Waals surface area contributed by atoms with E-state index in [1.165, 1.54) is 42.7 Å². The fourth-order valence-corrected chi connectivity index (χ4v) is 3.34. The average Bonchev–Trinajstić information content (AvgIpc) is 2.78. The zero-order valence-electron chi connectivity index (χ0n) is 16.5. The Kier molecular flexibility index (Phi) is 6.11. The first kappa shape index (κ1) is 22.1. The third-order valence-corrected chi connectivity index (χ3v) is 4.86. The topological polar surface area (TPSA) is 139 Å². The number of carbonyl (C=O) groups excluding carboxylic acids is 1. The number of phenols is 1. The number of aromatic amines is 1. The summed E-state index contributed by atoms with van der Waals surface area (Å²) in [6.07, 6.45) is 3.85. The third-order valence-electron chi connectivity index (χ3n) is 4.30. The quantitative estimate of drug-likeness (QED) is 0.368. The van der Waals surface area contributed by atoms with Crippen molar-refractivity contribution in [2.24, 2.45) is 0 Å². The molecule has 12 heteroatoms. The van der Waals surface area contributed by atoms with Gasteiger partial charge in [0.25, 0.3) is 11.5 Å². The molecule has 4 rings (SSSR count). The van der Waals surface area contributed by atoms with Crippen LogP contribution in [0.15, 0.2) is 70.6 Å². The predicted octanol–water partition coefficient (Wildman–Crippen LogP) is 3.37. The molecule has 0 fully saturated rings. The Morgan fingerprint density at radius 3 is 2.52 bits per heavy atom. The van der Waals surface area contributed by atoms with E-state index in [9.17, 15) is 19.5 Å². The van der Waals surface area contributed by atoms with E-state index in [0.717, 1.165) is 10.9 Å². The van der Waals surface area contributed by atoms with Crippen LogP contribution >= 0.6 is 23.2 Å². The van der Waals surface area contributed by atoms with Crippen molar-refractivity contribution in [1.29, 1.82) is 0 Å². The van der Waals surface area contributed by atoms with Gasteiger partial charge in [0.15, 0.2) is 5.75 Å². The number of pyridine rings is 1. The largest absolute Gasteiger partial charge is 0.506 e. The van der Waals surface area contributed by atoms with Crippen molar-refractivity contribution in [2.45, 2.75) is 0 Å². The molecule has 166 valence electrons. The number of aromatic hydroxyl groups is 1. The summed E-state index contributed by atoms with van der Waals surface area (Å²) in [7, 11) is 0. The number of anilines is 1. The monoisotopic (exact) mass is 485 g/mol. The Balaban J connectivity index is 1.61. The van der Waals surface area contributed by atoms with Crippen LogP contribution in [0.5, 0.6) is 17.2 Å². The number of amides is 1. The standard InChI is InChI=1S/C21H13Cl2N5O5/c22-14-6-12(28-21(32)27-18(30)10-25-28)7-15(23)19(14)33-13-3-4-17(29)16(8-13)26-20(31)11-2-1-5-24-9-11/h1-10,29H,(H,26,31)(H,27,30,32). The number of rotatable bonds is 5. The molecule has 0 aliphatic heterocycles. The molecule has 0 saturated carbocycles. The third kappa shape index (κ3) is 4.86. The van der Waals surface area contributed by atoms with E-state index >= 15 is 0 Å². The lowest BCUT2D eigenvalue weighted by Gasteiger charge is -2.14. The van der Waals surface area contributed by atoms with Crippen molar-refractivity contribution < 1.29 is 14.6 Å². The van der Waals surface area contributed by atoms with E-state index in [4.69, 9.17) is 27.9 Å². The number of carbonyl (C=O) groups is 1. The van der Waals surface area contributed by atoms with Gasteiger partial charge in [-0.15, -0.1) is 0 Å². The van der Waals surface area contributed by atoms with Gasteiger partial charge in [-0.2, -0.15) is 9.78 Å². The molecule has 1 amide bonds. The minimum Gasteiger partial charge on any atom is -0.506 e. The lowest BCUT2D eigenvalue weighted by molar-refractivity contribution is 0.102. The molecule has 0 spiro atoms. The first-order valence-corrected chi connectivity index (χ1v) is 9.98. The number of hydrogen-bond acceptors (Lipinski definition) is 7. The molecule has 4 aromatic rings. The van der Waals surface area contributed by atoms with Gasteiger partial charge in [-0.05, 0) is 36.4 Å².